The van der Waals surface area contributed by atoms with E-state index in [-0.39, 0.29) is 0 Å². The maximum absolute atomic E-state index is 12.9. The molecule has 6 heteroatoms. The molecule has 0 saturated carbocycles. The molecule has 0 amide bonds. The van der Waals surface area contributed by atoms with E-state index in [9.17, 15) is 9.59 Å². The minimum atomic E-state index is -0.526. The van der Waals surface area contributed by atoms with Crippen LogP contribution < -0.4 is 21.9 Å². The van der Waals surface area contributed by atoms with Gasteiger partial charge in [-0.25, -0.2) is 9.59 Å². The standard InChI is InChI=1S/C28H24N2O4/c1-3-30(4-2)20-12-9-17(10-13-20)23-16-26(31)34-27-21(23)6-5-7-22(27)24-14-18-8-11-19(29)15-25(18)33-28(24)32/h5-16H,3-4,29H2,1-2H3. The average molecular weight is 453 g/mol. The van der Waals surface area contributed by atoms with E-state index in [1.807, 2.05) is 24.3 Å². The number of nitrogen functional groups attached to an aromatic ring is 1. The number of anilines is 2. The van der Waals surface area contributed by atoms with Crippen molar-refractivity contribution in [1.29, 1.82) is 0 Å². The van der Waals surface area contributed by atoms with Crippen LogP contribution in [0.2, 0.25) is 0 Å². The van der Waals surface area contributed by atoms with E-state index < -0.39 is 11.3 Å². The van der Waals surface area contributed by atoms with Crippen LogP contribution in [0.15, 0.2) is 91.2 Å². The van der Waals surface area contributed by atoms with Crippen molar-refractivity contribution < 1.29 is 8.83 Å². The first kappa shape index (κ1) is 21.5. The van der Waals surface area contributed by atoms with E-state index in [1.165, 1.54) is 6.07 Å². The summed E-state index contributed by atoms with van der Waals surface area (Å²) in [5, 5.41) is 1.47. The molecule has 0 aliphatic carbocycles. The number of rotatable bonds is 5. The van der Waals surface area contributed by atoms with Crippen molar-refractivity contribution in [1.82, 2.24) is 0 Å². The van der Waals surface area contributed by atoms with Crippen molar-refractivity contribution in [2.24, 2.45) is 0 Å². The van der Waals surface area contributed by atoms with Crippen LogP contribution in [0.4, 0.5) is 11.4 Å². The minimum Gasteiger partial charge on any atom is -0.422 e. The summed E-state index contributed by atoms with van der Waals surface area (Å²) in [7, 11) is 0. The number of hydrogen-bond acceptors (Lipinski definition) is 6. The molecule has 5 rings (SSSR count). The molecule has 2 heterocycles. The Bertz CT molecular complexity index is 1630. The number of nitrogens with two attached hydrogens (primary N) is 1. The Morgan fingerprint density at radius 1 is 0.794 bits per heavy atom. The lowest BCUT2D eigenvalue weighted by Gasteiger charge is -2.21. The van der Waals surface area contributed by atoms with Crippen molar-refractivity contribution >= 4 is 33.3 Å². The molecule has 3 aromatic carbocycles. The SMILES string of the molecule is CCN(CC)c1ccc(-c2cc(=O)oc3c(-c4cc5ccc(N)cc5oc4=O)cccc23)cc1. The molecule has 0 spiro atoms. The topological polar surface area (TPSA) is 89.7 Å². The van der Waals surface area contributed by atoms with Gasteiger partial charge in [0.05, 0.1) is 5.56 Å². The summed E-state index contributed by atoms with van der Waals surface area (Å²) in [5.41, 5.74) is 9.65. The predicted octanol–water partition coefficient (Wildman–Crippen LogP) is 5.66. The lowest BCUT2D eigenvalue weighted by Crippen LogP contribution is -2.21. The molecule has 0 radical (unpaired) electrons. The molecule has 0 bridgehead atoms. The molecular formula is C28H24N2O4. The fourth-order valence-corrected chi connectivity index (χ4v) is 4.39. The first-order valence-corrected chi connectivity index (χ1v) is 11.2. The molecule has 0 aliphatic heterocycles. The summed E-state index contributed by atoms with van der Waals surface area (Å²) in [6, 6.07) is 22.0. The molecule has 6 nitrogen and oxygen atoms in total. The number of benzene rings is 3. The molecule has 2 aromatic heterocycles. The molecule has 0 saturated heterocycles. The van der Waals surface area contributed by atoms with Crippen LogP contribution in [-0.2, 0) is 0 Å². The van der Waals surface area contributed by atoms with Gasteiger partial charge in [-0.2, -0.15) is 0 Å². The van der Waals surface area contributed by atoms with Crippen molar-refractivity contribution in [2.45, 2.75) is 13.8 Å². The van der Waals surface area contributed by atoms with Gasteiger partial charge in [-0.1, -0.05) is 30.3 Å². The molecule has 0 atom stereocenters. The third kappa shape index (κ3) is 3.73. The Morgan fingerprint density at radius 2 is 1.56 bits per heavy atom. The van der Waals surface area contributed by atoms with Crippen LogP contribution >= 0.6 is 0 Å². The lowest BCUT2D eigenvalue weighted by molar-refractivity contribution is 0.556. The van der Waals surface area contributed by atoms with Gasteiger partial charge >= 0.3 is 11.3 Å². The number of nitrogens with zero attached hydrogens (tertiary/aromatic N) is 1. The second-order valence-corrected chi connectivity index (χ2v) is 8.13. The lowest BCUT2D eigenvalue weighted by atomic mass is 9.97. The highest BCUT2D eigenvalue weighted by Gasteiger charge is 2.16. The van der Waals surface area contributed by atoms with Crippen molar-refractivity contribution in [3.63, 3.8) is 0 Å². The van der Waals surface area contributed by atoms with Gasteiger partial charge in [0.15, 0.2) is 0 Å². The van der Waals surface area contributed by atoms with Gasteiger partial charge in [0.25, 0.3) is 0 Å². The zero-order chi connectivity index (χ0) is 23.8. The largest absolute Gasteiger partial charge is 0.422 e. The van der Waals surface area contributed by atoms with Crippen LogP contribution in [0.25, 0.3) is 44.2 Å². The van der Waals surface area contributed by atoms with Gasteiger partial charge in [0, 0.05) is 52.9 Å². The quantitative estimate of drug-likeness (QED) is 0.273. The van der Waals surface area contributed by atoms with Crippen LogP contribution in [-0.4, -0.2) is 13.1 Å². The molecule has 0 unspecified atom stereocenters. The Morgan fingerprint density at radius 3 is 2.29 bits per heavy atom. The normalized spacial score (nSPS) is 11.2. The van der Waals surface area contributed by atoms with Gasteiger partial charge in [0.2, 0.25) is 0 Å². The fraction of sp³-hybridized carbons (Fsp3) is 0.143. The molecule has 2 N–H and O–H groups in total. The van der Waals surface area contributed by atoms with Gasteiger partial charge in [-0.15, -0.1) is 0 Å². The maximum Gasteiger partial charge on any atom is 0.344 e. The van der Waals surface area contributed by atoms with Gasteiger partial charge in [-0.05, 0) is 55.3 Å². The summed E-state index contributed by atoms with van der Waals surface area (Å²) in [4.78, 5) is 27.7. The first-order valence-electron chi connectivity index (χ1n) is 11.2. The molecule has 34 heavy (non-hydrogen) atoms. The van der Waals surface area contributed by atoms with Crippen molar-refractivity contribution in [2.75, 3.05) is 23.7 Å². The van der Waals surface area contributed by atoms with Crippen LogP contribution in [0, 0.1) is 0 Å². The Kier molecular flexibility index (Phi) is 5.42. The van der Waals surface area contributed by atoms with Crippen molar-refractivity contribution in [3.05, 3.63) is 93.6 Å². The van der Waals surface area contributed by atoms with E-state index in [0.717, 1.165) is 40.7 Å². The Hall–Kier alpha value is -4.32. The highest BCUT2D eigenvalue weighted by Crippen LogP contribution is 2.34. The highest BCUT2D eigenvalue weighted by molar-refractivity contribution is 6.01. The van der Waals surface area contributed by atoms with E-state index in [4.69, 9.17) is 14.6 Å². The summed E-state index contributed by atoms with van der Waals surface area (Å²) in [5.74, 6) is 0. The van der Waals surface area contributed by atoms with E-state index in [1.54, 1.807) is 30.3 Å². The highest BCUT2D eigenvalue weighted by atomic mass is 16.4. The zero-order valence-corrected chi connectivity index (χ0v) is 19.0. The summed E-state index contributed by atoms with van der Waals surface area (Å²) < 4.78 is 11.1. The van der Waals surface area contributed by atoms with Gasteiger partial charge in [-0.3, -0.25) is 0 Å². The minimum absolute atomic E-state index is 0.319. The zero-order valence-electron chi connectivity index (χ0n) is 19.0. The molecule has 0 fully saturated rings. The van der Waals surface area contributed by atoms with Crippen LogP contribution in [0.1, 0.15) is 13.8 Å². The monoisotopic (exact) mass is 452 g/mol. The van der Waals surface area contributed by atoms with E-state index in [2.05, 4.69) is 30.9 Å². The first-order chi connectivity index (χ1) is 16.5. The van der Waals surface area contributed by atoms with Crippen LogP contribution in [0.3, 0.4) is 0 Å². The molecule has 0 aliphatic rings. The average Bonchev–Trinajstić information content (AvgIpc) is 2.84. The number of para-hydroxylation sites is 1. The third-order valence-corrected chi connectivity index (χ3v) is 6.13. The summed E-state index contributed by atoms with van der Waals surface area (Å²) in [6.07, 6.45) is 0. The van der Waals surface area contributed by atoms with Crippen LogP contribution in [0.5, 0.6) is 0 Å². The smallest absolute Gasteiger partial charge is 0.344 e. The predicted molar refractivity (Wildman–Crippen MR) is 137 cm³/mol. The summed E-state index contributed by atoms with van der Waals surface area (Å²) >= 11 is 0. The number of hydrogen-bond donors (Lipinski definition) is 1. The van der Waals surface area contributed by atoms with Gasteiger partial charge < -0.3 is 19.5 Å². The Balaban J connectivity index is 1.70. The third-order valence-electron chi connectivity index (χ3n) is 6.13. The van der Waals surface area contributed by atoms with E-state index in [0.29, 0.717) is 28.0 Å². The second kappa shape index (κ2) is 8.56. The molecule has 5 aromatic rings. The summed E-state index contributed by atoms with van der Waals surface area (Å²) in [6.45, 7) is 6.07. The fourth-order valence-electron chi connectivity index (χ4n) is 4.39. The molecule has 170 valence electrons. The maximum atomic E-state index is 12.9. The molecular weight excluding hydrogens is 428 g/mol. The van der Waals surface area contributed by atoms with E-state index >= 15 is 0 Å². The second-order valence-electron chi connectivity index (χ2n) is 8.13. The van der Waals surface area contributed by atoms with Crippen molar-refractivity contribution in [3.8, 4) is 22.3 Å². The van der Waals surface area contributed by atoms with Gasteiger partial charge in [0.1, 0.15) is 11.2 Å². The number of fused-ring (bicyclic) bond motifs is 2. The Labute approximate surface area is 195 Å².